The molecule has 2 aliphatic carbocycles. The van der Waals surface area contributed by atoms with Crippen molar-refractivity contribution in [2.24, 2.45) is 0 Å². The number of hydrogen-bond acceptors (Lipinski definition) is 0. The molecule has 1 aliphatic heterocycles. The second kappa shape index (κ2) is 7.07. The molecule has 3 aliphatic rings. The fourth-order valence-electron chi connectivity index (χ4n) is 6.40. The van der Waals surface area contributed by atoms with Gasteiger partial charge in [-0.05, 0) is 50.6 Å². The van der Waals surface area contributed by atoms with Crippen molar-refractivity contribution in [1.29, 1.82) is 0 Å². The molecule has 1 heteroatoms. The van der Waals surface area contributed by atoms with E-state index >= 15 is 0 Å². The fraction of sp³-hybridized carbons (Fsp3) is 0.467. The van der Waals surface area contributed by atoms with Gasteiger partial charge >= 0.3 is 0 Å². The van der Waals surface area contributed by atoms with E-state index in [0.29, 0.717) is 5.54 Å². The molecule has 162 valence electrons. The zero-order valence-corrected chi connectivity index (χ0v) is 21.3. The predicted molar refractivity (Wildman–Crippen MR) is 138 cm³/mol. The summed E-state index contributed by atoms with van der Waals surface area (Å²) in [4.78, 5) is 0. The van der Waals surface area contributed by atoms with Crippen LogP contribution in [0.5, 0.6) is 0 Å². The molecule has 2 aromatic carbocycles. The Balaban J connectivity index is 1.75. The first-order valence-electron chi connectivity index (χ1n) is 12.3. The standard InChI is InChI=1S/C30H38Si/c1-29(2,3)21-13-15-24-26(19-21)27-20-22(30(4,5)6)14-16-25(27)28(24)31(17-9-10-18-31)23-11-7-8-12-23/h7-8,11,13-16,19-20,28H,9-10,12,17-18H2,1-6H3. The maximum absolute atomic E-state index is 2.54. The first-order chi connectivity index (χ1) is 14.6. The third-order valence-corrected chi connectivity index (χ3v) is 14.1. The van der Waals surface area contributed by atoms with Gasteiger partial charge in [-0.15, -0.1) is 0 Å². The Kier molecular flexibility index (Phi) is 4.79. The lowest BCUT2D eigenvalue weighted by atomic mass is 9.83. The summed E-state index contributed by atoms with van der Waals surface area (Å²) in [5.41, 5.74) is 10.2. The van der Waals surface area contributed by atoms with Crippen molar-refractivity contribution in [3.63, 3.8) is 0 Å². The lowest BCUT2D eigenvalue weighted by Crippen LogP contribution is -2.41. The number of benzene rings is 2. The van der Waals surface area contributed by atoms with E-state index in [1.54, 1.807) is 11.1 Å². The van der Waals surface area contributed by atoms with Crippen molar-refractivity contribution in [2.75, 3.05) is 0 Å². The monoisotopic (exact) mass is 426 g/mol. The summed E-state index contributed by atoms with van der Waals surface area (Å²) < 4.78 is 0. The second-order valence-electron chi connectivity index (χ2n) is 12.2. The van der Waals surface area contributed by atoms with E-state index < -0.39 is 8.07 Å². The molecule has 1 fully saturated rings. The molecule has 31 heavy (non-hydrogen) atoms. The minimum absolute atomic E-state index is 0.176. The van der Waals surface area contributed by atoms with Crippen LogP contribution in [0.4, 0.5) is 0 Å². The summed E-state index contributed by atoms with van der Waals surface area (Å²) >= 11 is 0. The Morgan fingerprint density at radius 3 is 1.68 bits per heavy atom. The first kappa shape index (κ1) is 21.0. The third kappa shape index (κ3) is 3.32. The molecule has 0 radical (unpaired) electrons. The van der Waals surface area contributed by atoms with Crippen LogP contribution in [-0.2, 0) is 10.8 Å². The average Bonchev–Trinajstić information content (AvgIpc) is 3.44. The molecule has 0 aromatic heterocycles. The molecule has 1 heterocycles. The zero-order valence-electron chi connectivity index (χ0n) is 20.3. The van der Waals surface area contributed by atoms with Crippen LogP contribution in [-0.4, -0.2) is 8.07 Å². The van der Waals surface area contributed by atoms with Gasteiger partial charge in [-0.2, -0.15) is 0 Å². The van der Waals surface area contributed by atoms with E-state index in [1.807, 2.05) is 5.20 Å². The maximum Gasteiger partial charge on any atom is 0.0940 e. The van der Waals surface area contributed by atoms with Gasteiger partial charge in [-0.1, -0.05) is 126 Å². The normalized spacial score (nSPS) is 20.1. The zero-order chi connectivity index (χ0) is 22.0. The molecule has 0 bridgehead atoms. The van der Waals surface area contributed by atoms with Gasteiger partial charge < -0.3 is 0 Å². The number of hydrogen-bond donors (Lipinski definition) is 0. The van der Waals surface area contributed by atoms with Gasteiger partial charge in [0.25, 0.3) is 0 Å². The van der Waals surface area contributed by atoms with Gasteiger partial charge in [0.05, 0.1) is 8.07 Å². The fourth-order valence-corrected chi connectivity index (χ4v) is 12.6. The smallest absolute Gasteiger partial charge is 0.0809 e. The minimum Gasteiger partial charge on any atom is -0.0809 e. The Bertz CT molecular complexity index is 1010. The quantitative estimate of drug-likeness (QED) is 0.422. The minimum atomic E-state index is -1.60. The SMILES string of the molecule is CC(C)(C)c1ccc2c(c1)-c1cc(C(C)(C)C)ccc1C2[Si]1(C2=CC=CC2)CCCC1. The summed E-state index contributed by atoms with van der Waals surface area (Å²) in [6.07, 6.45) is 11.3. The van der Waals surface area contributed by atoms with Crippen molar-refractivity contribution in [2.45, 2.75) is 89.3 Å². The van der Waals surface area contributed by atoms with E-state index in [9.17, 15) is 0 Å². The van der Waals surface area contributed by atoms with Crippen LogP contribution in [0.2, 0.25) is 12.1 Å². The Morgan fingerprint density at radius 2 is 1.26 bits per heavy atom. The molecule has 2 aromatic rings. The Morgan fingerprint density at radius 1 is 0.742 bits per heavy atom. The van der Waals surface area contributed by atoms with Crippen LogP contribution in [0.1, 0.15) is 88.6 Å². The lowest BCUT2D eigenvalue weighted by Gasteiger charge is -2.37. The van der Waals surface area contributed by atoms with Crippen LogP contribution in [0, 0.1) is 0 Å². The molecule has 0 spiro atoms. The van der Waals surface area contributed by atoms with Gasteiger partial charge in [0.1, 0.15) is 0 Å². The summed E-state index contributed by atoms with van der Waals surface area (Å²) in [7, 11) is -1.60. The van der Waals surface area contributed by atoms with Crippen LogP contribution in [0.25, 0.3) is 11.1 Å². The van der Waals surface area contributed by atoms with Crippen LogP contribution < -0.4 is 0 Å². The van der Waals surface area contributed by atoms with Crippen molar-refractivity contribution in [3.05, 3.63) is 82.1 Å². The molecule has 0 amide bonds. The van der Waals surface area contributed by atoms with Gasteiger partial charge in [0.15, 0.2) is 0 Å². The lowest BCUT2D eigenvalue weighted by molar-refractivity contribution is 0.589. The Hall–Kier alpha value is -1.86. The maximum atomic E-state index is 2.54. The molecule has 0 nitrogen and oxygen atoms in total. The summed E-state index contributed by atoms with van der Waals surface area (Å²) in [6, 6.07) is 17.9. The molecule has 0 unspecified atom stereocenters. The van der Waals surface area contributed by atoms with Crippen molar-refractivity contribution < 1.29 is 0 Å². The van der Waals surface area contributed by atoms with Gasteiger partial charge in [0, 0.05) is 5.54 Å². The predicted octanol–water partition coefficient (Wildman–Crippen LogP) is 8.60. The van der Waals surface area contributed by atoms with Crippen LogP contribution in [0.15, 0.2) is 59.8 Å². The van der Waals surface area contributed by atoms with Gasteiger partial charge in [-0.25, -0.2) is 0 Å². The van der Waals surface area contributed by atoms with E-state index in [2.05, 4.69) is 96.2 Å². The molecule has 5 rings (SSSR count). The topological polar surface area (TPSA) is 0 Å². The first-order valence-corrected chi connectivity index (χ1v) is 14.8. The number of rotatable bonds is 2. The molecule has 0 saturated carbocycles. The van der Waals surface area contributed by atoms with Gasteiger partial charge in [-0.3, -0.25) is 0 Å². The number of allylic oxidation sites excluding steroid dienone is 4. The van der Waals surface area contributed by atoms with Crippen LogP contribution >= 0.6 is 0 Å². The van der Waals surface area contributed by atoms with Crippen LogP contribution in [0.3, 0.4) is 0 Å². The van der Waals surface area contributed by atoms with Crippen molar-refractivity contribution in [1.82, 2.24) is 0 Å². The molecule has 0 N–H and O–H groups in total. The highest BCUT2D eigenvalue weighted by Crippen LogP contribution is 2.57. The van der Waals surface area contributed by atoms with E-state index in [4.69, 9.17) is 0 Å². The van der Waals surface area contributed by atoms with Crippen molar-refractivity contribution in [3.8, 4) is 11.1 Å². The van der Waals surface area contributed by atoms with E-state index in [-0.39, 0.29) is 10.8 Å². The third-order valence-electron chi connectivity index (χ3n) is 8.21. The van der Waals surface area contributed by atoms with Crippen molar-refractivity contribution >= 4 is 8.07 Å². The van der Waals surface area contributed by atoms with E-state index in [1.165, 1.54) is 53.6 Å². The largest absolute Gasteiger partial charge is 0.0940 e. The summed E-state index contributed by atoms with van der Waals surface area (Å²) in [6.45, 7) is 14.1. The molecule has 1 saturated heterocycles. The molecular weight excluding hydrogens is 388 g/mol. The number of fused-ring (bicyclic) bond motifs is 3. The highest BCUT2D eigenvalue weighted by molar-refractivity contribution is 6.89. The summed E-state index contributed by atoms with van der Waals surface area (Å²) in [5.74, 6) is 0. The highest BCUT2D eigenvalue weighted by Gasteiger charge is 2.51. The molecule has 0 atom stereocenters. The van der Waals surface area contributed by atoms with E-state index in [0.717, 1.165) is 0 Å². The van der Waals surface area contributed by atoms with Gasteiger partial charge in [0.2, 0.25) is 0 Å². The average molecular weight is 427 g/mol. The Labute approximate surface area is 190 Å². The second-order valence-corrected chi connectivity index (χ2v) is 16.8. The highest BCUT2D eigenvalue weighted by atomic mass is 28.3. The molecular formula is C30H38Si. The summed E-state index contributed by atoms with van der Waals surface area (Å²) in [5, 5.41) is 1.81.